The molecule has 0 spiro atoms. The molecule has 0 unspecified atom stereocenters. The number of rotatable bonds is 9. The van der Waals surface area contributed by atoms with Gasteiger partial charge in [0.25, 0.3) is 5.91 Å². The van der Waals surface area contributed by atoms with Crippen molar-refractivity contribution in [2.24, 2.45) is 5.73 Å². The minimum atomic E-state index is -3.39. The van der Waals surface area contributed by atoms with Crippen LogP contribution in [0.1, 0.15) is 37.0 Å². The van der Waals surface area contributed by atoms with E-state index < -0.39 is 15.4 Å². The molecule has 23 heavy (non-hydrogen) atoms. The summed E-state index contributed by atoms with van der Waals surface area (Å²) in [7, 11) is -1.93. The van der Waals surface area contributed by atoms with Gasteiger partial charge in [-0.3, -0.25) is 4.79 Å². The van der Waals surface area contributed by atoms with Crippen molar-refractivity contribution in [3.8, 4) is 0 Å². The van der Waals surface area contributed by atoms with Crippen molar-refractivity contribution >= 4 is 15.7 Å². The highest BCUT2D eigenvalue weighted by atomic mass is 32.2. The van der Waals surface area contributed by atoms with Crippen LogP contribution < -0.4 is 11.1 Å². The predicted octanol–water partition coefficient (Wildman–Crippen LogP) is 1.35. The fourth-order valence-corrected chi connectivity index (χ4v) is 3.16. The lowest BCUT2D eigenvalue weighted by molar-refractivity contribution is 0.0942. The minimum Gasteiger partial charge on any atom is -0.384 e. The Morgan fingerprint density at radius 2 is 1.78 bits per heavy atom. The van der Waals surface area contributed by atoms with Crippen LogP contribution >= 0.6 is 0 Å². The molecule has 1 aromatic rings. The third kappa shape index (κ3) is 5.60. The molecule has 1 rings (SSSR count). The smallest absolute Gasteiger partial charge is 0.251 e. The molecule has 0 aliphatic carbocycles. The van der Waals surface area contributed by atoms with Crippen molar-refractivity contribution in [3.63, 3.8) is 0 Å². The second kappa shape index (κ2) is 8.42. The zero-order valence-corrected chi connectivity index (χ0v) is 14.8. The molecule has 0 atom stereocenters. The molecule has 6 nitrogen and oxygen atoms in total. The summed E-state index contributed by atoms with van der Waals surface area (Å²) in [6, 6.07) is 5.89. The van der Waals surface area contributed by atoms with E-state index in [9.17, 15) is 13.2 Å². The fraction of sp³-hybridized carbons (Fsp3) is 0.562. The van der Waals surface area contributed by atoms with E-state index in [-0.39, 0.29) is 23.2 Å². The molecule has 3 N–H and O–H groups in total. The van der Waals surface area contributed by atoms with Crippen LogP contribution in [-0.2, 0) is 14.6 Å². The van der Waals surface area contributed by atoms with E-state index in [2.05, 4.69) is 5.32 Å². The summed E-state index contributed by atoms with van der Waals surface area (Å²) < 4.78 is 28.8. The predicted molar refractivity (Wildman–Crippen MR) is 90.2 cm³/mol. The Morgan fingerprint density at radius 1 is 1.22 bits per heavy atom. The largest absolute Gasteiger partial charge is 0.384 e. The third-order valence-electron chi connectivity index (χ3n) is 4.04. The standard InChI is InChI=1S/C16H26N2O4S/c1-4-16(17,5-2)12-18-15(19)13-6-8-14(9-7-13)23(20,21)11-10-22-3/h6-9H,4-5,10-12,17H2,1-3H3,(H,18,19). The van der Waals surface area contributed by atoms with Crippen LogP contribution in [-0.4, -0.2) is 45.9 Å². The second-order valence-electron chi connectivity index (χ2n) is 5.59. The number of hydrogen-bond acceptors (Lipinski definition) is 5. The first kappa shape index (κ1) is 19.6. The molecular weight excluding hydrogens is 316 g/mol. The second-order valence-corrected chi connectivity index (χ2v) is 7.70. The van der Waals surface area contributed by atoms with Gasteiger partial charge in [-0.1, -0.05) is 13.8 Å². The lowest BCUT2D eigenvalue weighted by atomic mass is 9.94. The first-order valence-electron chi connectivity index (χ1n) is 7.67. The SMILES string of the molecule is CCC(N)(CC)CNC(=O)c1ccc(S(=O)(=O)CCOC)cc1. The maximum absolute atomic E-state index is 12.1. The molecule has 1 aromatic carbocycles. The first-order valence-corrected chi connectivity index (χ1v) is 9.32. The highest BCUT2D eigenvalue weighted by molar-refractivity contribution is 7.91. The van der Waals surface area contributed by atoms with Gasteiger partial charge in [0.05, 0.1) is 17.3 Å². The van der Waals surface area contributed by atoms with E-state index in [0.29, 0.717) is 12.1 Å². The van der Waals surface area contributed by atoms with Crippen molar-refractivity contribution in [3.05, 3.63) is 29.8 Å². The van der Waals surface area contributed by atoms with Crippen LogP contribution in [0.4, 0.5) is 0 Å². The molecule has 0 radical (unpaired) electrons. The molecular formula is C16H26N2O4S. The Kier molecular flexibility index (Phi) is 7.18. The summed E-state index contributed by atoms with van der Waals surface area (Å²) in [6.45, 7) is 4.48. The zero-order chi connectivity index (χ0) is 17.5. The average Bonchev–Trinajstić information content (AvgIpc) is 2.57. The van der Waals surface area contributed by atoms with Crippen LogP contribution in [0.15, 0.2) is 29.2 Å². The number of ether oxygens (including phenoxy) is 1. The van der Waals surface area contributed by atoms with Gasteiger partial charge in [-0.05, 0) is 37.1 Å². The number of nitrogens with two attached hydrogens (primary N) is 1. The van der Waals surface area contributed by atoms with Gasteiger partial charge in [0.15, 0.2) is 9.84 Å². The molecule has 0 heterocycles. The van der Waals surface area contributed by atoms with Crippen molar-refractivity contribution in [1.29, 1.82) is 0 Å². The number of methoxy groups -OCH3 is 1. The third-order valence-corrected chi connectivity index (χ3v) is 5.74. The van der Waals surface area contributed by atoms with E-state index >= 15 is 0 Å². The minimum absolute atomic E-state index is 0.0856. The Balaban J connectivity index is 2.75. The summed E-state index contributed by atoms with van der Waals surface area (Å²) in [6.07, 6.45) is 1.53. The number of nitrogens with one attached hydrogen (secondary N) is 1. The van der Waals surface area contributed by atoms with Crippen molar-refractivity contribution in [2.75, 3.05) is 26.0 Å². The van der Waals surface area contributed by atoms with E-state index in [1.54, 1.807) is 0 Å². The normalized spacial score (nSPS) is 12.2. The van der Waals surface area contributed by atoms with E-state index in [1.165, 1.54) is 31.4 Å². The number of hydrogen-bond donors (Lipinski definition) is 2. The van der Waals surface area contributed by atoms with Gasteiger partial charge < -0.3 is 15.8 Å². The molecule has 0 aromatic heterocycles. The number of benzene rings is 1. The van der Waals surface area contributed by atoms with Gasteiger partial charge in [-0.15, -0.1) is 0 Å². The van der Waals surface area contributed by atoms with Gasteiger partial charge >= 0.3 is 0 Å². The Hall–Kier alpha value is -1.44. The average molecular weight is 342 g/mol. The van der Waals surface area contributed by atoms with E-state index in [1.807, 2.05) is 13.8 Å². The summed E-state index contributed by atoms with van der Waals surface area (Å²) in [5.41, 5.74) is 6.13. The Morgan fingerprint density at radius 3 is 2.26 bits per heavy atom. The Labute approximate surface area is 138 Å². The fourth-order valence-electron chi connectivity index (χ4n) is 1.98. The molecule has 0 aliphatic rings. The monoisotopic (exact) mass is 342 g/mol. The first-order chi connectivity index (χ1) is 10.8. The van der Waals surface area contributed by atoms with Crippen molar-refractivity contribution in [2.45, 2.75) is 37.1 Å². The van der Waals surface area contributed by atoms with E-state index in [0.717, 1.165) is 12.8 Å². The number of carbonyl (C=O) groups excluding carboxylic acids is 1. The van der Waals surface area contributed by atoms with Crippen molar-refractivity contribution in [1.82, 2.24) is 5.32 Å². The quantitative estimate of drug-likeness (QED) is 0.706. The van der Waals surface area contributed by atoms with Crippen LogP contribution in [0.5, 0.6) is 0 Å². The molecule has 130 valence electrons. The van der Waals surface area contributed by atoms with Crippen LogP contribution in [0, 0.1) is 0 Å². The van der Waals surface area contributed by atoms with Gasteiger partial charge in [0.2, 0.25) is 0 Å². The molecule has 0 fully saturated rings. The van der Waals surface area contributed by atoms with E-state index in [4.69, 9.17) is 10.5 Å². The molecule has 0 saturated carbocycles. The molecule has 0 saturated heterocycles. The lowest BCUT2D eigenvalue weighted by Gasteiger charge is -2.26. The molecule has 0 bridgehead atoms. The molecule has 0 aliphatic heterocycles. The molecule has 7 heteroatoms. The van der Waals surface area contributed by atoms with Crippen LogP contribution in [0.3, 0.4) is 0 Å². The zero-order valence-electron chi connectivity index (χ0n) is 14.0. The maximum atomic E-state index is 12.1. The summed E-state index contributed by atoms with van der Waals surface area (Å²) >= 11 is 0. The lowest BCUT2D eigenvalue weighted by Crippen LogP contribution is -2.49. The van der Waals surface area contributed by atoms with Crippen molar-refractivity contribution < 1.29 is 17.9 Å². The van der Waals surface area contributed by atoms with Gasteiger partial charge in [-0.25, -0.2) is 8.42 Å². The molecule has 1 amide bonds. The summed E-state index contributed by atoms with van der Waals surface area (Å²) in [5, 5.41) is 2.80. The maximum Gasteiger partial charge on any atom is 0.251 e. The number of amides is 1. The Bertz CT molecular complexity index is 607. The number of sulfone groups is 1. The summed E-state index contributed by atoms with van der Waals surface area (Å²) in [5.74, 6) is -0.347. The topological polar surface area (TPSA) is 98.5 Å². The van der Waals surface area contributed by atoms with Gasteiger partial charge in [0, 0.05) is 24.8 Å². The number of carbonyl (C=O) groups is 1. The van der Waals surface area contributed by atoms with Gasteiger partial charge in [0.1, 0.15) is 0 Å². The van der Waals surface area contributed by atoms with Crippen LogP contribution in [0.25, 0.3) is 0 Å². The van der Waals surface area contributed by atoms with Gasteiger partial charge in [-0.2, -0.15) is 0 Å². The van der Waals surface area contributed by atoms with Crippen LogP contribution in [0.2, 0.25) is 0 Å². The summed E-state index contributed by atoms with van der Waals surface area (Å²) in [4.78, 5) is 12.3. The highest BCUT2D eigenvalue weighted by Gasteiger charge is 2.21. The highest BCUT2D eigenvalue weighted by Crippen LogP contribution is 2.13.